The van der Waals surface area contributed by atoms with Gasteiger partial charge in [0.15, 0.2) is 11.5 Å². The van der Waals surface area contributed by atoms with Crippen molar-refractivity contribution < 1.29 is 37.0 Å². The van der Waals surface area contributed by atoms with Crippen LogP contribution >= 0.6 is 0 Å². The van der Waals surface area contributed by atoms with Gasteiger partial charge in [0.1, 0.15) is 12.2 Å². The first-order valence-electron chi connectivity index (χ1n) is 11.6. The van der Waals surface area contributed by atoms with E-state index in [0.717, 1.165) is 5.56 Å². The summed E-state index contributed by atoms with van der Waals surface area (Å²) in [6.07, 6.45) is 2.27. The normalized spacial score (nSPS) is 26.9. The fourth-order valence-electron chi connectivity index (χ4n) is 5.38. The molecule has 0 aromatic heterocycles. The molecule has 5 rings (SSSR count). The lowest BCUT2D eigenvalue weighted by atomic mass is 9.68. The third-order valence-corrected chi connectivity index (χ3v) is 8.83. The molecule has 9 nitrogen and oxygen atoms in total. The topological polar surface area (TPSA) is 108 Å². The van der Waals surface area contributed by atoms with Crippen molar-refractivity contribution in [3.8, 4) is 11.5 Å². The second-order valence-corrected chi connectivity index (χ2v) is 11.1. The Balaban J connectivity index is 1.67. The van der Waals surface area contributed by atoms with E-state index in [1.807, 2.05) is 19.1 Å². The summed E-state index contributed by atoms with van der Waals surface area (Å²) in [5.41, 5.74) is 0.599. The third-order valence-electron chi connectivity index (χ3n) is 6.95. The van der Waals surface area contributed by atoms with Crippen molar-refractivity contribution in [1.82, 2.24) is 4.31 Å². The van der Waals surface area contributed by atoms with Crippen LogP contribution in [0.2, 0.25) is 0 Å². The number of carbonyl (C=O) groups is 2. The van der Waals surface area contributed by atoms with Crippen LogP contribution in [0.4, 0.5) is 0 Å². The Kier molecular flexibility index (Phi) is 6.04. The summed E-state index contributed by atoms with van der Waals surface area (Å²) < 4.78 is 51.5. The van der Waals surface area contributed by atoms with E-state index in [0.29, 0.717) is 17.1 Å². The smallest absolute Gasteiger partial charge is 0.303 e. The third kappa shape index (κ3) is 4.04. The fourth-order valence-corrected chi connectivity index (χ4v) is 7.06. The van der Waals surface area contributed by atoms with Gasteiger partial charge in [0.2, 0.25) is 16.8 Å². The molecular weight excluding hydrogens is 486 g/mol. The molecule has 4 atom stereocenters. The van der Waals surface area contributed by atoms with Gasteiger partial charge >= 0.3 is 11.9 Å². The van der Waals surface area contributed by atoms with Crippen LogP contribution in [0, 0.1) is 6.92 Å². The highest BCUT2D eigenvalue weighted by Crippen LogP contribution is 2.51. The van der Waals surface area contributed by atoms with E-state index in [4.69, 9.17) is 18.9 Å². The minimum Gasteiger partial charge on any atom is -0.460 e. The van der Waals surface area contributed by atoms with E-state index in [-0.39, 0.29) is 24.7 Å². The highest BCUT2D eigenvalue weighted by atomic mass is 32.2. The summed E-state index contributed by atoms with van der Waals surface area (Å²) >= 11 is 0. The summed E-state index contributed by atoms with van der Waals surface area (Å²) in [5.74, 6) is 0.111. The predicted molar refractivity (Wildman–Crippen MR) is 128 cm³/mol. The number of fused-ring (bicyclic) bond motifs is 2. The molecule has 0 unspecified atom stereocenters. The number of esters is 2. The second-order valence-electron chi connectivity index (χ2n) is 9.25. The van der Waals surface area contributed by atoms with Crippen LogP contribution in [0.15, 0.2) is 59.5 Å². The molecule has 1 fully saturated rings. The number of aryl methyl sites for hydroxylation is 1. The van der Waals surface area contributed by atoms with E-state index in [2.05, 4.69) is 0 Å². The SMILES string of the molecule is CC(=O)O[C@H]1CN(S(=O)(=O)c2ccc(C)cc2)[C@H]2C[C@@H](OC(C)=O)C=C[C@@]12c1ccc2c(c1)OCO2. The number of nitrogens with zero attached hydrogens (tertiary/aromatic N) is 1. The van der Waals surface area contributed by atoms with Crippen molar-refractivity contribution in [1.29, 1.82) is 0 Å². The summed E-state index contributed by atoms with van der Waals surface area (Å²) in [6, 6.07) is 11.3. The first-order chi connectivity index (χ1) is 17.1. The Bertz CT molecular complexity index is 1340. The zero-order valence-electron chi connectivity index (χ0n) is 20.2. The van der Waals surface area contributed by atoms with Crippen LogP contribution in [0.1, 0.15) is 31.4 Å². The second kappa shape index (κ2) is 8.94. The zero-order chi connectivity index (χ0) is 25.7. The van der Waals surface area contributed by atoms with Crippen LogP contribution in [-0.4, -0.2) is 56.2 Å². The largest absolute Gasteiger partial charge is 0.460 e. The minimum atomic E-state index is -3.99. The Labute approximate surface area is 209 Å². The maximum atomic E-state index is 13.9. The molecule has 190 valence electrons. The molecule has 0 saturated carbocycles. The molecular formula is C26H27NO8S. The van der Waals surface area contributed by atoms with Gasteiger partial charge in [-0.3, -0.25) is 9.59 Å². The van der Waals surface area contributed by atoms with Crippen LogP contribution < -0.4 is 9.47 Å². The summed E-state index contributed by atoms with van der Waals surface area (Å²) in [7, 11) is -3.99. The van der Waals surface area contributed by atoms with Gasteiger partial charge < -0.3 is 18.9 Å². The van der Waals surface area contributed by atoms with Crippen molar-refractivity contribution in [2.75, 3.05) is 13.3 Å². The molecule has 2 aliphatic heterocycles. The van der Waals surface area contributed by atoms with Crippen molar-refractivity contribution in [3.05, 3.63) is 65.7 Å². The Morgan fingerprint density at radius 3 is 2.39 bits per heavy atom. The molecule has 36 heavy (non-hydrogen) atoms. The number of hydrogen-bond acceptors (Lipinski definition) is 8. The Morgan fingerprint density at radius 2 is 1.69 bits per heavy atom. The van der Waals surface area contributed by atoms with Crippen molar-refractivity contribution >= 4 is 22.0 Å². The van der Waals surface area contributed by atoms with E-state index in [1.54, 1.807) is 42.5 Å². The molecule has 1 aliphatic carbocycles. The van der Waals surface area contributed by atoms with Crippen molar-refractivity contribution in [3.63, 3.8) is 0 Å². The van der Waals surface area contributed by atoms with Gasteiger partial charge in [-0.2, -0.15) is 4.31 Å². The van der Waals surface area contributed by atoms with Crippen molar-refractivity contribution in [2.45, 2.75) is 55.8 Å². The maximum absolute atomic E-state index is 13.9. The maximum Gasteiger partial charge on any atom is 0.303 e. The first-order valence-corrected chi connectivity index (χ1v) is 13.1. The number of hydrogen-bond donors (Lipinski definition) is 0. The van der Waals surface area contributed by atoms with E-state index in [9.17, 15) is 18.0 Å². The lowest BCUT2D eigenvalue weighted by Gasteiger charge is -2.42. The molecule has 1 saturated heterocycles. The quantitative estimate of drug-likeness (QED) is 0.444. The molecule has 3 aliphatic rings. The van der Waals surface area contributed by atoms with Crippen LogP contribution in [-0.2, 0) is 34.5 Å². The summed E-state index contributed by atoms with van der Waals surface area (Å²) in [5, 5.41) is 0. The molecule has 0 N–H and O–H groups in total. The monoisotopic (exact) mass is 513 g/mol. The summed E-state index contributed by atoms with van der Waals surface area (Å²) in [4.78, 5) is 24.1. The summed E-state index contributed by atoms with van der Waals surface area (Å²) in [6.45, 7) is 4.51. The van der Waals surface area contributed by atoms with Gasteiger partial charge in [0.25, 0.3) is 0 Å². The Morgan fingerprint density at radius 1 is 1.00 bits per heavy atom. The van der Waals surface area contributed by atoms with Gasteiger partial charge in [-0.1, -0.05) is 29.8 Å². The van der Waals surface area contributed by atoms with Crippen LogP contribution in [0.25, 0.3) is 0 Å². The average Bonchev–Trinajstić information content (AvgIpc) is 3.41. The number of sulfonamides is 1. The fraction of sp³-hybridized carbons (Fsp3) is 0.385. The number of ether oxygens (including phenoxy) is 4. The highest BCUT2D eigenvalue weighted by Gasteiger charge is 2.61. The Hall–Kier alpha value is -3.37. The minimum absolute atomic E-state index is 0.0635. The van der Waals surface area contributed by atoms with Gasteiger partial charge in [-0.15, -0.1) is 0 Å². The highest BCUT2D eigenvalue weighted by molar-refractivity contribution is 7.89. The molecule has 0 bridgehead atoms. The van der Waals surface area contributed by atoms with Gasteiger partial charge in [0.05, 0.1) is 16.9 Å². The van der Waals surface area contributed by atoms with Gasteiger partial charge in [0, 0.05) is 26.3 Å². The van der Waals surface area contributed by atoms with Crippen molar-refractivity contribution in [2.24, 2.45) is 0 Å². The van der Waals surface area contributed by atoms with Gasteiger partial charge in [-0.05, 0) is 42.8 Å². The van der Waals surface area contributed by atoms with Crippen LogP contribution in [0.3, 0.4) is 0 Å². The lowest BCUT2D eigenvalue weighted by Crippen LogP contribution is -2.51. The predicted octanol–water partition coefficient (Wildman–Crippen LogP) is 2.86. The zero-order valence-corrected chi connectivity index (χ0v) is 21.0. The molecule has 2 aromatic rings. The molecule has 0 spiro atoms. The first kappa shape index (κ1) is 24.3. The van der Waals surface area contributed by atoms with E-state index >= 15 is 0 Å². The molecule has 2 heterocycles. The molecule has 2 aromatic carbocycles. The number of rotatable bonds is 5. The number of benzene rings is 2. The standard InChI is InChI=1S/C26H27NO8S/c1-16-4-7-21(8-5-16)36(30,31)27-14-25(35-18(3)29)26(11-10-20(13-24(26)27)34-17(2)28)19-6-9-22-23(12-19)33-15-32-22/h4-12,20,24-25H,13-15H2,1-3H3/t20-,24-,25-,26-/m0/s1. The molecule has 0 radical (unpaired) electrons. The van der Waals surface area contributed by atoms with Crippen LogP contribution in [0.5, 0.6) is 11.5 Å². The van der Waals surface area contributed by atoms with E-state index in [1.165, 1.54) is 18.2 Å². The lowest BCUT2D eigenvalue weighted by molar-refractivity contribution is -0.147. The van der Waals surface area contributed by atoms with Gasteiger partial charge in [-0.25, -0.2) is 8.42 Å². The average molecular weight is 514 g/mol. The molecule has 10 heteroatoms. The number of carbonyl (C=O) groups excluding carboxylic acids is 2. The molecule has 0 amide bonds. The van der Waals surface area contributed by atoms with E-state index < -0.39 is 45.6 Å².